The van der Waals surface area contributed by atoms with Crippen LogP contribution >= 0.6 is 24.0 Å². The van der Waals surface area contributed by atoms with Crippen molar-refractivity contribution in [2.45, 2.75) is 45.1 Å². The maximum absolute atomic E-state index is 12.3. The van der Waals surface area contributed by atoms with Gasteiger partial charge in [0.05, 0.1) is 0 Å². The number of carbonyl (C=O) groups excluding carboxylic acids is 1. The summed E-state index contributed by atoms with van der Waals surface area (Å²) in [6.45, 7) is 3.67. The lowest BCUT2D eigenvalue weighted by Gasteiger charge is -2.33. The van der Waals surface area contributed by atoms with Gasteiger partial charge in [-0.1, -0.05) is 16.8 Å². The number of amides is 1. The highest BCUT2D eigenvalue weighted by Gasteiger charge is 2.24. The summed E-state index contributed by atoms with van der Waals surface area (Å²) < 4.78 is 5.28. The molecule has 0 radical (unpaired) electrons. The Hall–Kier alpha value is -1.63. The molecule has 0 aliphatic carbocycles. The van der Waals surface area contributed by atoms with Crippen LogP contribution in [0.5, 0.6) is 0 Å². The van der Waals surface area contributed by atoms with Gasteiger partial charge in [-0.2, -0.15) is 4.98 Å². The first-order chi connectivity index (χ1) is 12.5. The van der Waals surface area contributed by atoms with Crippen molar-refractivity contribution in [2.75, 3.05) is 13.1 Å². The van der Waals surface area contributed by atoms with Crippen molar-refractivity contribution >= 4 is 29.9 Å². The average molecular weight is 413 g/mol. The number of piperidine rings is 1. The van der Waals surface area contributed by atoms with Crippen molar-refractivity contribution in [3.05, 3.63) is 35.2 Å². The predicted molar refractivity (Wildman–Crippen MR) is 108 cm³/mol. The molecule has 1 unspecified atom stereocenters. The van der Waals surface area contributed by atoms with E-state index in [1.165, 1.54) is 0 Å². The van der Waals surface area contributed by atoms with Crippen LogP contribution in [0.1, 0.15) is 38.5 Å². The molecule has 6 nitrogen and oxygen atoms in total. The van der Waals surface area contributed by atoms with E-state index in [4.69, 9.17) is 21.9 Å². The summed E-state index contributed by atoms with van der Waals surface area (Å²) >= 11 is 5.88. The van der Waals surface area contributed by atoms with Gasteiger partial charge in [-0.25, -0.2) is 0 Å². The van der Waals surface area contributed by atoms with E-state index in [0.29, 0.717) is 41.9 Å². The third-order valence-corrected chi connectivity index (χ3v) is 5.24. The Morgan fingerprint density at radius 3 is 2.63 bits per heavy atom. The summed E-state index contributed by atoms with van der Waals surface area (Å²) in [7, 11) is 0. The number of aryl methyl sites for hydroxylation is 1. The maximum Gasteiger partial charge on any atom is 0.226 e. The maximum atomic E-state index is 12.3. The molecule has 0 bridgehead atoms. The number of nitrogens with two attached hydrogens (primary N) is 1. The van der Waals surface area contributed by atoms with Crippen LogP contribution in [0.15, 0.2) is 28.8 Å². The van der Waals surface area contributed by atoms with Crippen molar-refractivity contribution < 1.29 is 9.32 Å². The summed E-state index contributed by atoms with van der Waals surface area (Å²) in [5.74, 6) is 1.83. The molecule has 2 heterocycles. The molecule has 2 aromatic rings. The van der Waals surface area contributed by atoms with Crippen molar-refractivity contribution in [2.24, 2.45) is 11.7 Å². The number of hydrogen-bond donors (Lipinski definition) is 1. The molecule has 1 aromatic carbocycles. The fourth-order valence-electron chi connectivity index (χ4n) is 3.30. The lowest BCUT2D eigenvalue weighted by Crippen LogP contribution is -2.42. The Morgan fingerprint density at radius 2 is 2.00 bits per heavy atom. The van der Waals surface area contributed by atoms with E-state index in [9.17, 15) is 4.79 Å². The van der Waals surface area contributed by atoms with E-state index >= 15 is 0 Å². The van der Waals surface area contributed by atoms with Crippen LogP contribution < -0.4 is 5.73 Å². The van der Waals surface area contributed by atoms with Gasteiger partial charge in [-0.3, -0.25) is 4.79 Å². The Morgan fingerprint density at radius 1 is 1.33 bits per heavy atom. The van der Waals surface area contributed by atoms with Crippen LogP contribution in [0.4, 0.5) is 0 Å². The van der Waals surface area contributed by atoms with Crippen LogP contribution in [0.2, 0.25) is 5.02 Å². The quantitative estimate of drug-likeness (QED) is 0.780. The highest BCUT2D eigenvalue weighted by molar-refractivity contribution is 6.30. The molecular weight excluding hydrogens is 387 g/mol. The molecule has 1 atom stereocenters. The molecule has 27 heavy (non-hydrogen) atoms. The number of benzene rings is 1. The number of aromatic nitrogens is 2. The highest BCUT2D eigenvalue weighted by atomic mass is 35.5. The molecule has 148 valence electrons. The van der Waals surface area contributed by atoms with Gasteiger partial charge in [-0.05, 0) is 56.4 Å². The van der Waals surface area contributed by atoms with Crippen molar-refractivity contribution in [1.82, 2.24) is 15.0 Å². The predicted octanol–water partition coefficient (Wildman–Crippen LogP) is 3.72. The summed E-state index contributed by atoms with van der Waals surface area (Å²) in [5.41, 5.74) is 6.81. The summed E-state index contributed by atoms with van der Waals surface area (Å²) in [6, 6.07) is 7.50. The number of halogens is 2. The van der Waals surface area contributed by atoms with Gasteiger partial charge in [0.25, 0.3) is 0 Å². The smallest absolute Gasteiger partial charge is 0.226 e. The molecule has 1 aliphatic rings. The third-order valence-electron chi connectivity index (χ3n) is 4.99. The molecule has 1 amide bonds. The van der Waals surface area contributed by atoms with Gasteiger partial charge in [0, 0.05) is 42.6 Å². The Balaban J connectivity index is 0.00000261. The van der Waals surface area contributed by atoms with Crippen LogP contribution in [0.25, 0.3) is 11.4 Å². The minimum Gasteiger partial charge on any atom is -0.343 e. The fraction of sp³-hybridized carbons (Fsp3) is 0.526. The van der Waals surface area contributed by atoms with E-state index in [2.05, 4.69) is 10.1 Å². The van der Waals surface area contributed by atoms with Crippen LogP contribution in [0.3, 0.4) is 0 Å². The zero-order valence-corrected chi connectivity index (χ0v) is 17.0. The van der Waals surface area contributed by atoms with Gasteiger partial charge in [0.2, 0.25) is 17.6 Å². The van der Waals surface area contributed by atoms with Crippen LogP contribution in [-0.2, 0) is 11.2 Å². The van der Waals surface area contributed by atoms with Crippen LogP contribution in [-0.4, -0.2) is 40.1 Å². The normalized spacial score (nSPS) is 16.0. The van der Waals surface area contributed by atoms with E-state index in [-0.39, 0.29) is 24.4 Å². The minimum atomic E-state index is 0. The standard InChI is InChI=1S/C19H25ClN4O2.ClH/c1-13(21)14-9-11-24(12-10-14)18(25)4-2-3-17-22-19(23-26-17)15-5-7-16(20)8-6-15;/h5-8,13-14H,2-4,9-12,21H2,1H3;1H. The first-order valence-electron chi connectivity index (χ1n) is 9.15. The summed E-state index contributed by atoms with van der Waals surface area (Å²) in [5, 5.41) is 4.66. The second-order valence-corrected chi connectivity index (χ2v) is 7.39. The van der Waals surface area contributed by atoms with Gasteiger partial charge < -0.3 is 15.2 Å². The molecule has 1 aromatic heterocycles. The Kier molecular flexibility index (Phi) is 8.07. The molecule has 1 fully saturated rings. The first kappa shape index (κ1) is 21.7. The van der Waals surface area contributed by atoms with Crippen LogP contribution in [0, 0.1) is 5.92 Å². The lowest BCUT2D eigenvalue weighted by atomic mass is 9.91. The number of likely N-dealkylation sites (tertiary alicyclic amines) is 1. The van der Waals surface area contributed by atoms with Gasteiger partial charge in [-0.15, -0.1) is 12.4 Å². The fourth-order valence-corrected chi connectivity index (χ4v) is 3.42. The second-order valence-electron chi connectivity index (χ2n) is 6.95. The monoisotopic (exact) mass is 412 g/mol. The summed E-state index contributed by atoms with van der Waals surface area (Å²) in [4.78, 5) is 18.7. The SMILES string of the molecule is CC(N)C1CCN(C(=O)CCCc2nc(-c3ccc(Cl)cc3)no2)CC1.Cl. The van der Waals surface area contributed by atoms with Crippen molar-refractivity contribution in [3.63, 3.8) is 0 Å². The number of carbonyl (C=O) groups is 1. The Labute approximate surface area is 170 Å². The molecule has 8 heteroatoms. The van der Waals surface area contributed by atoms with E-state index in [1.54, 1.807) is 12.1 Å². The zero-order valence-electron chi connectivity index (χ0n) is 15.4. The highest BCUT2D eigenvalue weighted by Crippen LogP contribution is 2.21. The lowest BCUT2D eigenvalue weighted by molar-refractivity contribution is -0.132. The largest absolute Gasteiger partial charge is 0.343 e. The minimum absolute atomic E-state index is 0. The molecule has 3 rings (SSSR count). The molecular formula is C19H26Cl2N4O2. The topological polar surface area (TPSA) is 85.2 Å². The van der Waals surface area contributed by atoms with Gasteiger partial charge >= 0.3 is 0 Å². The number of rotatable bonds is 6. The average Bonchev–Trinajstić information content (AvgIpc) is 3.11. The molecule has 0 saturated carbocycles. The van der Waals surface area contributed by atoms with E-state index in [1.807, 2.05) is 24.0 Å². The molecule has 2 N–H and O–H groups in total. The zero-order chi connectivity index (χ0) is 18.5. The van der Waals surface area contributed by atoms with Crippen molar-refractivity contribution in [1.29, 1.82) is 0 Å². The third kappa shape index (κ3) is 5.92. The summed E-state index contributed by atoms with van der Waals surface area (Å²) in [6.07, 6.45) is 3.80. The first-order valence-corrected chi connectivity index (χ1v) is 9.52. The van der Waals surface area contributed by atoms with Gasteiger partial charge in [0.15, 0.2) is 0 Å². The Bertz CT molecular complexity index is 726. The molecule has 1 aliphatic heterocycles. The van der Waals surface area contributed by atoms with Crippen molar-refractivity contribution in [3.8, 4) is 11.4 Å². The number of hydrogen-bond acceptors (Lipinski definition) is 5. The molecule has 0 spiro atoms. The second kappa shape index (κ2) is 10.1. The van der Waals surface area contributed by atoms with E-state index < -0.39 is 0 Å². The van der Waals surface area contributed by atoms with E-state index in [0.717, 1.165) is 31.5 Å². The number of nitrogens with zero attached hydrogens (tertiary/aromatic N) is 3. The molecule has 1 saturated heterocycles. The van der Waals surface area contributed by atoms with Gasteiger partial charge in [0.1, 0.15) is 0 Å².